The van der Waals surface area contributed by atoms with E-state index in [4.69, 9.17) is 4.52 Å². The summed E-state index contributed by atoms with van der Waals surface area (Å²) >= 11 is 0. The Hall–Kier alpha value is -2.63. The molecule has 1 saturated heterocycles. The molecule has 0 spiro atoms. The van der Waals surface area contributed by atoms with E-state index in [-0.39, 0.29) is 17.7 Å². The number of hydrogen-bond donors (Lipinski definition) is 1. The van der Waals surface area contributed by atoms with Gasteiger partial charge in [-0.15, -0.1) is 0 Å². The van der Waals surface area contributed by atoms with Gasteiger partial charge in [0.05, 0.1) is 0 Å². The molecule has 0 unspecified atom stereocenters. The predicted octanol–water partition coefficient (Wildman–Crippen LogP) is 3.09. The Kier molecular flexibility index (Phi) is 4.88. The molecule has 2 amide bonds. The number of hydrogen-bond acceptors (Lipinski definition) is 4. The summed E-state index contributed by atoms with van der Waals surface area (Å²) < 4.78 is 4.95. The van der Waals surface area contributed by atoms with Gasteiger partial charge in [0.25, 0.3) is 5.91 Å². The Morgan fingerprint density at radius 2 is 1.72 bits per heavy atom. The summed E-state index contributed by atoms with van der Waals surface area (Å²) in [6, 6.07) is 7.58. The Labute approximate surface area is 147 Å². The Morgan fingerprint density at radius 1 is 1.08 bits per heavy atom. The molecule has 0 bridgehead atoms. The SMILES string of the molecule is Cc1cc(C)cc(C(=O)N2CCC(C(=O)Nc3cc(C)on3)CC2)c1. The molecule has 25 heavy (non-hydrogen) atoms. The van der Waals surface area contributed by atoms with Crippen molar-refractivity contribution in [1.82, 2.24) is 10.1 Å². The molecule has 1 aromatic carbocycles. The van der Waals surface area contributed by atoms with Gasteiger partial charge < -0.3 is 14.7 Å². The van der Waals surface area contributed by atoms with Crippen LogP contribution < -0.4 is 5.32 Å². The number of piperidine rings is 1. The van der Waals surface area contributed by atoms with E-state index in [9.17, 15) is 9.59 Å². The fourth-order valence-corrected chi connectivity index (χ4v) is 3.28. The van der Waals surface area contributed by atoms with Gasteiger partial charge >= 0.3 is 0 Å². The Morgan fingerprint density at radius 3 is 2.28 bits per heavy atom. The van der Waals surface area contributed by atoms with Gasteiger partial charge in [0.15, 0.2) is 5.82 Å². The number of aromatic nitrogens is 1. The summed E-state index contributed by atoms with van der Waals surface area (Å²) in [6.45, 7) is 6.93. The second-order valence-electron chi connectivity index (χ2n) is 6.75. The zero-order valence-electron chi connectivity index (χ0n) is 14.8. The standard InChI is InChI=1S/C19H23N3O3/c1-12-8-13(2)10-16(9-12)19(24)22-6-4-15(5-7-22)18(23)20-17-11-14(3)25-21-17/h8-11,15H,4-7H2,1-3H3,(H,20,21,23). The maximum absolute atomic E-state index is 12.7. The lowest BCUT2D eigenvalue weighted by atomic mass is 9.95. The lowest BCUT2D eigenvalue weighted by Crippen LogP contribution is -2.41. The number of likely N-dealkylation sites (tertiary alicyclic amines) is 1. The van der Waals surface area contributed by atoms with E-state index in [1.807, 2.05) is 30.9 Å². The third kappa shape index (κ3) is 4.07. The molecule has 1 fully saturated rings. The number of benzene rings is 1. The van der Waals surface area contributed by atoms with Crippen molar-refractivity contribution in [2.24, 2.45) is 5.92 Å². The van der Waals surface area contributed by atoms with Crippen molar-refractivity contribution in [2.45, 2.75) is 33.6 Å². The lowest BCUT2D eigenvalue weighted by molar-refractivity contribution is -0.121. The monoisotopic (exact) mass is 341 g/mol. The van der Waals surface area contributed by atoms with E-state index in [0.717, 1.165) is 16.7 Å². The highest BCUT2D eigenvalue weighted by Crippen LogP contribution is 2.21. The number of carbonyl (C=O) groups is 2. The highest BCUT2D eigenvalue weighted by atomic mass is 16.5. The lowest BCUT2D eigenvalue weighted by Gasteiger charge is -2.31. The fourth-order valence-electron chi connectivity index (χ4n) is 3.28. The molecule has 1 aliphatic rings. The third-order valence-electron chi connectivity index (χ3n) is 4.50. The maximum atomic E-state index is 12.7. The molecule has 0 aliphatic carbocycles. The van der Waals surface area contributed by atoms with Crippen molar-refractivity contribution < 1.29 is 14.1 Å². The first-order chi connectivity index (χ1) is 11.9. The van der Waals surface area contributed by atoms with Crippen molar-refractivity contribution in [2.75, 3.05) is 18.4 Å². The zero-order valence-corrected chi connectivity index (χ0v) is 14.8. The van der Waals surface area contributed by atoms with Crippen molar-refractivity contribution in [3.63, 3.8) is 0 Å². The van der Waals surface area contributed by atoms with Crippen molar-refractivity contribution >= 4 is 17.6 Å². The van der Waals surface area contributed by atoms with E-state index in [1.54, 1.807) is 13.0 Å². The second-order valence-corrected chi connectivity index (χ2v) is 6.75. The molecular formula is C19H23N3O3. The highest BCUT2D eigenvalue weighted by molar-refractivity contribution is 5.95. The largest absolute Gasteiger partial charge is 0.360 e. The van der Waals surface area contributed by atoms with Gasteiger partial charge in [0.1, 0.15) is 5.76 Å². The van der Waals surface area contributed by atoms with Gasteiger partial charge in [-0.25, -0.2) is 0 Å². The first kappa shape index (κ1) is 17.2. The Balaban J connectivity index is 1.57. The summed E-state index contributed by atoms with van der Waals surface area (Å²) in [7, 11) is 0. The van der Waals surface area contributed by atoms with Crippen LogP contribution in [0.5, 0.6) is 0 Å². The van der Waals surface area contributed by atoms with Gasteiger partial charge in [-0.2, -0.15) is 0 Å². The van der Waals surface area contributed by atoms with Crippen LogP contribution in [0, 0.1) is 26.7 Å². The number of anilines is 1. The smallest absolute Gasteiger partial charge is 0.253 e. The van der Waals surface area contributed by atoms with Crippen LogP contribution in [0.3, 0.4) is 0 Å². The second kappa shape index (κ2) is 7.09. The summed E-state index contributed by atoms with van der Waals surface area (Å²) in [5, 5.41) is 6.55. The molecule has 1 aliphatic heterocycles. The van der Waals surface area contributed by atoms with Gasteiger partial charge in [0, 0.05) is 30.6 Å². The number of nitrogens with zero attached hydrogens (tertiary/aromatic N) is 2. The van der Waals surface area contributed by atoms with Crippen LogP contribution in [-0.2, 0) is 4.79 Å². The molecule has 2 heterocycles. The zero-order chi connectivity index (χ0) is 18.0. The Bertz CT molecular complexity index is 769. The normalized spacial score (nSPS) is 15.2. The molecule has 0 atom stereocenters. The first-order valence-corrected chi connectivity index (χ1v) is 8.54. The molecule has 1 N–H and O–H groups in total. The van der Waals surface area contributed by atoms with Gasteiger partial charge in [-0.05, 0) is 45.7 Å². The van der Waals surface area contributed by atoms with Crippen molar-refractivity contribution in [3.8, 4) is 0 Å². The number of nitrogens with one attached hydrogen (secondary N) is 1. The van der Waals surface area contributed by atoms with Gasteiger partial charge in [0.2, 0.25) is 5.91 Å². The quantitative estimate of drug-likeness (QED) is 0.931. The van der Waals surface area contributed by atoms with Gasteiger partial charge in [-0.1, -0.05) is 22.3 Å². The molecule has 0 radical (unpaired) electrons. The molecule has 6 nitrogen and oxygen atoms in total. The number of rotatable bonds is 3. The van der Waals surface area contributed by atoms with E-state index in [1.165, 1.54) is 0 Å². The summed E-state index contributed by atoms with van der Waals surface area (Å²) in [6.07, 6.45) is 1.30. The first-order valence-electron chi connectivity index (χ1n) is 8.54. The van der Waals surface area contributed by atoms with E-state index >= 15 is 0 Å². The van der Waals surface area contributed by atoms with Crippen LogP contribution in [0.1, 0.15) is 40.1 Å². The van der Waals surface area contributed by atoms with Gasteiger partial charge in [-0.3, -0.25) is 9.59 Å². The molecule has 2 aromatic rings. The van der Waals surface area contributed by atoms with Crippen molar-refractivity contribution in [1.29, 1.82) is 0 Å². The highest BCUT2D eigenvalue weighted by Gasteiger charge is 2.28. The molecular weight excluding hydrogens is 318 g/mol. The van der Waals surface area contributed by atoms with Crippen LogP contribution in [0.25, 0.3) is 0 Å². The topological polar surface area (TPSA) is 75.4 Å². The van der Waals surface area contributed by atoms with Crippen LogP contribution in [0.4, 0.5) is 5.82 Å². The van der Waals surface area contributed by atoms with E-state index in [0.29, 0.717) is 37.5 Å². The fraction of sp³-hybridized carbons (Fsp3) is 0.421. The summed E-state index contributed by atoms with van der Waals surface area (Å²) in [5.41, 5.74) is 2.89. The average molecular weight is 341 g/mol. The predicted molar refractivity (Wildman–Crippen MR) is 94.4 cm³/mol. The minimum absolute atomic E-state index is 0.0396. The molecule has 1 aromatic heterocycles. The minimum atomic E-state index is -0.111. The number of amides is 2. The third-order valence-corrected chi connectivity index (χ3v) is 4.50. The van der Waals surface area contributed by atoms with Crippen LogP contribution in [0.15, 0.2) is 28.8 Å². The molecule has 3 rings (SSSR count). The average Bonchev–Trinajstić information content (AvgIpc) is 2.98. The van der Waals surface area contributed by atoms with Crippen LogP contribution in [-0.4, -0.2) is 35.0 Å². The number of carbonyl (C=O) groups excluding carboxylic acids is 2. The maximum Gasteiger partial charge on any atom is 0.253 e. The van der Waals surface area contributed by atoms with Crippen molar-refractivity contribution in [3.05, 3.63) is 46.7 Å². The molecule has 132 valence electrons. The number of aryl methyl sites for hydroxylation is 3. The minimum Gasteiger partial charge on any atom is -0.360 e. The van der Waals surface area contributed by atoms with Crippen LogP contribution >= 0.6 is 0 Å². The van der Waals surface area contributed by atoms with Crippen LogP contribution in [0.2, 0.25) is 0 Å². The van der Waals surface area contributed by atoms with E-state index in [2.05, 4.69) is 16.5 Å². The molecule has 6 heteroatoms. The summed E-state index contributed by atoms with van der Waals surface area (Å²) in [4.78, 5) is 26.8. The summed E-state index contributed by atoms with van der Waals surface area (Å²) in [5.74, 6) is 0.963. The van der Waals surface area contributed by atoms with E-state index < -0.39 is 0 Å². The molecule has 0 saturated carbocycles.